The van der Waals surface area contributed by atoms with Gasteiger partial charge in [-0.15, -0.1) is 0 Å². The van der Waals surface area contributed by atoms with Gasteiger partial charge in [0.25, 0.3) is 0 Å². The second-order valence-electron chi connectivity index (χ2n) is 3.69. The van der Waals surface area contributed by atoms with Crippen molar-refractivity contribution in [1.82, 2.24) is 10.2 Å². The maximum absolute atomic E-state index is 5.75. The first kappa shape index (κ1) is 12.2. The molecule has 0 radical (unpaired) electrons. The Kier molecular flexibility index (Phi) is 3.56. The molecule has 17 heavy (non-hydrogen) atoms. The number of nitrogens with one attached hydrogen (secondary N) is 1. The number of hydrogen-bond donors (Lipinski definition) is 2. The lowest BCUT2D eigenvalue weighted by Crippen LogP contribution is -1.92. The van der Waals surface area contributed by atoms with E-state index in [0.717, 1.165) is 27.0 Å². The zero-order valence-electron chi connectivity index (χ0n) is 9.75. The molecule has 0 saturated carbocycles. The van der Waals surface area contributed by atoms with E-state index < -0.39 is 0 Å². The van der Waals surface area contributed by atoms with Crippen molar-refractivity contribution in [3.05, 3.63) is 27.3 Å². The third-order valence-electron chi connectivity index (χ3n) is 2.67. The quantitative estimate of drug-likeness (QED) is 0.843. The number of H-pyrrole nitrogens is 1. The Morgan fingerprint density at radius 1 is 1.47 bits per heavy atom. The van der Waals surface area contributed by atoms with Crippen LogP contribution in [-0.4, -0.2) is 17.3 Å². The van der Waals surface area contributed by atoms with Crippen molar-refractivity contribution in [2.75, 3.05) is 12.8 Å². The molecule has 1 aromatic carbocycles. The lowest BCUT2D eigenvalue weighted by molar-refractivity contribution is 0.416. The normalized spacial score (nSPS) is 10.5. The topological polar surface area (TPSA) is 63.9 Å². The summed E-state index contributed by atoms with van der Waals surface area (Å²) in [6, 6.07) is 6.14. The maximum atomic E-state index is 5.75. The number of aromatic amines is 1. The van der Waals surface area contributed by atoms with E-state index in [-0.39, 0.29) is 0 Å². The van der Waals surface area contributed by atoms with Crippen LogP contribution in [0.25, 0.3) is 11.3 Å². The summed E-state index contributed by atoms with van der Waals surface area (Å²) in [4.78, 5) is 0. The molecule has 0 unspecified atom stereocenters. The molecule has 1 aromatic heterocycles. The number of nitrogens with two attached hydrogens (primary N) is 1. The summed E-state index contributed by atoms with van der Waals surface area (Å²) < 4.78 is 6.30. The summed E-state index contributed by atoms with van der Waals surface area (Å²) in [5.41, 5.74) is 8.92. The van der Waals surface area contributed by atoms with Crippen LogP contribution < -0.4 is 10.5 Å². The molecule has 2 aromatic rings. The Morgan fingerprint density at radius 3 is 2.76 bits per heavy atom. The molecule has 0 aliphatic rings. The fraction of sp³-hybridized carbons (Fsp3) is 0.250. The van der Waals surface area contributed by atoms with Gasteiger partial charge >= 0.3 is 0 Å². The van der Waals surface area contributed by atoms with Crippen molar-refractivity contribution >= 4 is 28.4 Å². The fourth-order valence-corrected chi connectivity index (χ4v) is 2.22. The van der Waals surface area contributed by atoms with Gasteiger partial charge in [-0.1, -0.05) is 13.0 Å². The average molecular weight is 343 g/mol. The summed E-state index contributed by atoms with van der Waals surface area (Å²) in [5.74, 6) is 1.34. The molecule has 0 saturated heterocycles. The van der Waals surface area contributed by atoms with Crippen LogP contribution in [0.2, 0.25) is 0 Å². The lowest BCUT2D eigenvalue weighted by atomic mass is 10.1. The number of benzene rings is 1. The predicted octanol–water partition coefficient (Wildman–Crippen LogP) is 2.83. The number of hydrogen-bond acceptors (Lipinski definition) is 3. The third-order valence-corrected chi connectivity index (χ3v) is 3.77. The second kappa shape index (κ2) is 4.95. The van der Waals surface area contributed by atoms with Gasteiger partial charge in [-0.3, -0.25) is 5.10 Å². The van der Waals surface area contributed by atoms with Crippen LogP contribution >= 0.6 is 22.6 Å². The molecule has 2 rings (SSSR count). The van der Waals surface area contributed by atoms with Crippen molar-refractivity contribution in [2.45, 2.75) is 13.3 Å². The van der Waals surface area contributed by atoms with E-state index in [1.54, 1.807) is 7.11 Å². The number of anilines is 1. The van der Waals surface area contributed by atoms with Gasteiger partial charge in [0.05, 0.1) is 16.4 Å². The summed E-state index contributed by atoms with van der Waals surface area (Å²) in [7, 11) is 1.66. The van der Waals surface area contributed by atoms with E-state index in [4.69, 9.17) is 10.5 Å². The Morgan fingerprint density at radius 2 is 2.24 bits per heavy atom. The molecule has 0 amide bonds. The highest BCUT2D eigenvalue weighted by Crippen LogP contribution is 2.34. The summed E-state index contributed by atoms with van der Waals surface area (Å²) in [5, 5.41) is 6.97. The first-order valence-corrected chi connectivity index (χ1v) is 6.41. The Balaban J connectivity index is 2.60. The largest absolute Gasteiger partial charge is 0.496 e. The highest BCUT2D eigenvalue weighted by atomic mass is 127. The third kappa shape index (κ3) is 2.24. The molecule has 0 fully saturated rings. The van der Waals surface area contributed by atoms with Gasteiger partial charge < -0.3 is 10.5 Å². The van der Waals surface area contributed by atoms with Gasteiger partial charge in [0.15, 0.2) is 5.82 Å². The van der Waals surface area contributed by atoms with Gasteiger partial charge in [0.2, 0.25) is 0 Å². The molecule has 0 spiro atoms. The van der Waals surface area contributed by atoms with Crippen molar-refractivity contribution in [2.24, 2.45) is 0 Å². The minimum Gasteiger partial charge on any atom is -0.496 e. The van der Waals surface area contributed by atoms with Gasteiger partial charge in [0.1, 0.15) is 5.75 Å². The number of halogens is 1. The van der Waals surface area contributed by atoms with Crippen LogP contribution in [0, 0.1) is 3.57 Å². The molecule has 1 heterocycles. The zero-order chi connectivity index (χ0) is 12.4. The fourth-order valence-electron chi connectivity index (χ4n) is 1.69. The standard InChI is InChI=1S/C12H14IN3O/c1-3-7-4-5-9(17-2)8(6-7)11-10(13)12(14)16-15-11/h4-6H,3H2,1-2H3,(H3,14,15,16). The van der Waals surface area contributed by atoms with E-state index in [1.807, 2.05) is 6.07 Å². The van der Waals surface area contributed by atoms with Crippen LogP contribution in [0.5, 0.6) is 5.75 Å². The van der Waals surface area contributed by atoms with E-state index in [0.29, 0.717) is 5.82 Å². The minimum absolute atomic E-state index is 0.518. The number of aryl methyl sites for hydroxylation is 1. The molecular formula is C12H14IN3O. The Hall–Kier alpha value is -1.24. The predicted molar refractivity (Wildman–Crippen MR) is 77.1 cm³/mol. The van der Waals surface area contributed by atoms with E-state index in [1.165, 1.54) is 5.56 Å². The Bertz CT molecular complexity index is 537. The molecule has 3 N–H and O–H groups in total. The first-order valence-electron chi connectivity index (χ1n) is 5.34. The van der Waals surface area contributed by atoms with Crippen LogP contribution in [-0.2, 0) is 6.42 Å². The van der Waals surface area contributed by atoms with Gasteiger partial charge in [-0.2, -0.15) is 5.10 Å². The van der Waals surface area contributed by atoms with Crippen LogP contribution in [0.1, 0.15) is 12.5 Å². The number of nitrogen functional groups attached to an aromatic ring is 1. The zero-order valence-corrected chi connectivity index (χ0v) is 11.9. The van der Waals surface area contributed by atoms with E-state index in [9.17, 15) is 0 Å². The monoisotopic (exact) mass is 343 g/mol. The van der Waals surface area contributed by atoms with Gasteiger partial charge in [0, 0.05) is 5.56 Å². The highest BCUT2D eigenvalue weighted by Gasteiger charge is 2.14. The number of methoxy groups -OCH3 is 1. The highest BCUT2D eigenvalue weighted by molar-refractivity contribution is 14.1. The second-order valence-corrected chi connectivity index (χ2v) is 4.76. The average Bonchev–Trinajstić information content (AvgIpc) is 2.69. The van der Waals surface area contributed by atoms with Crippen LogP contribution in [0.4, 0.5) is 5.82 Å². The van der Waals surface area contributed by atoms with Crippen LogP contribution in [0.3, 0.4) is 0 Å². The van der Waals surface area contributed by atoms with Crippen molar-refractivity contribution in [3.63, 3.8) is 0 Å². The van der Waals surface area contributed by atoms with Crippen molar-refractivity contribution in [1.29, 1.82) is 0 Å². The molecule has 4 nitrogen and oxygen atoms in total. The number of aromatic nitrogens is 2. The van der Waals surface area contributed by atoms with Crippen LogP contribution in [0.15, 0.2) is 18.2 Å². The SMILES string of the molecule is CCc1ccc(OC)c(-c2[nH]nc(N)c2I)c1. The molecule has 0 aliphatic heterocycles. The summed E-state index contributed by atoms with van der Waals surface area (Å²) >= 11 is 2.19. The summed E-state index contributed by atoms with van der Waals surface area (Å²) in [6.45, 7) is 2.12. The molecule has 0 bridgehead atoms. The number of nitrogens with zero attached hydrogens (tertiary/aromatic N) is 1. The smallest absolute Gasteiger partial charge is 0.159 e. The summed E-state index contributed by atoms with van der Waals surface area (Å²) in [6.07, 6.45) is 0.983. The maximum Gasteiger partial charge on any atom is 0.159 e. The van der Waals surface area contributed by atoms with Gasteiger partial charge in [-0.25, -0.2) is 0 Å². The van der Waals surface area contributed by atoms with Crippen molar-refractivity contribution < 1.29 is 4.74 Å². The molecule has 0 atom stereocenters. The minimum atomic E-state index is 0.518. The van der Waals surface area contributed by atoms with E-state index in [2.05, 4.69) is 51.8 Å². The van der Waals surface area contributed by atoms with Crippen molar-refractivity contribution in [3.8, 4) is 17.0 Å². The number of rotatable bonds is 3. The first-order chi connectivity index (χ1) is 8.17. The molecule has 5 heteroatoms. The molecule has 90 valence electrons. The van der Waals surface area contributed by atoms with E-state index >= 15 is 0 Å². The van der Waals surface area contributed by atoms with Gasteiger partial charge in [-0.05, 0) is 46.7 Å². The Labute approximate surface area is 114 Å². The lowest BCUT2D eigenvalue weighted by Gasteiger charge is -2.09. The number of ether oxygens (including phenoxy) is 1. The molecular weight excluding hydrogens is 329 g/mol. The molecule has 0 aliphatic carbocycles.